The number of carbonyl (C=O) groups excluding carboxylic acids is 1. The Balaban J connectivity index is 2.90. The number of halogens is 5. The topological polar surface area (TPSA) is 26.3 Å². The number of Topliss-reactive ketones (excluding diaryl/α,β-unsaturated/α-hetero) is 1. The number of benzene rings is 1. The van der Waals surface area contributed by atoms with Crippen LogP contribution in [0.1, 0.15) is 16.8 Å². The minimum absolute atomic E-state index is 0.121. The minimum atomic E-state index is -4.72. The summed E-state index contributed by atoms with van der Waals surface area (Å²) in [6, 6.07) is 3.67. The highest BCUT2D eigenvalue weighted by Gasteiger charge is 2.31. The zero-order chi connectivity index (χ0) is 13.1. The van der Waals surface area contributed by atoms with E-state index in [1.165, 1.54) is 12.1 Å². The summed E-state index contributed by atoms with van der Waals surface area (Å²) < 4.78 is 40.1. The van der Waals surface area contributed by atoms with Gasteiger partial charge in [0, 0.05) is 20.9 Å². The zero-order valence-electron chi connectivity index (χ0n) is 8.35. The Morgan fingerprint density at radius 1 is 1.41 bits per heavy atom. The number of carbonyl (C=O) groups is 1. The average molecular weight is 423 g/mol. The van der Waals surface area contributed by atoms with Crippen molar-refractivity contribution < 1.29 is 22.7 Å². The highest BCUT2D eigenvalue weighted by molar-refractivity contribution is 14.1. The van der Waals surface area contributed by atoms with E-state index in [4.69, 9.17) is 0 Å². The first kappa shape index (κ1) is 14.7. The van der Waals surface area contributed by atoms with Gasteiger partial charge in [-0.05, 0) is 40.8 Å². The van der Waals surface area contributed by atoms with E-state index in [9.17, 15) is 18.0 Å². The molecule has 0 radical (unpaired) electrons. The van der Waals surface area contributed by atoms with Crippen LogP contribution in [0.15, 0.2) is 18.2 Å². The van der Waals surface area contributed by atoms with E-state index in [0.29, 0.717) is 20.9 Å². The van der Waals surface area contributed by atoms with E-state index in [1.54, 1.807) is 0 Å². The molecule has 0 fully saturated rings. The summed E-state index contributed by atoms with van der Waals surface area (Å²) in [6.45, 7) is 0. The fourth-order valence-electron chi connectivity index (χ4n) is 1.14. The van der Waals surface area contributed by atoms with E-state index in [-0.39, 0.29) is 11.5 Å². The summed E-state index contributed by atoms with van der Waals surface area (Å²) in [5.74, 6) is -0.442. The lowest BCUT2D eigenvalue weighted by Gasteiger charge is -2.10. The molecule has 0 heterocycles. The van der Waals surface area contributed by atoms with Crippen LogP contribution in [0.5, 0.6) is 5.75 Å². The van der Waals surface area contributed by atoms with Crippen molar-refractivity contribution >= 4 is 44.3 Å². The predicted molar refractivity (Wildman–Crippen MR) is 68.6 cm³/mol. The molecule has 0 aliphatic carbocycles. The van der Waals surface area contributed by atoms with E-state index in [1.807, 2.05) is 22.6 Å². The number of hydrogen-bond donors (Lipinski definition) is 0. The van der Waals surface area contributed by atoms with Crippen molar-refractivity contribution in [3.8, 4) is 5.75 Å². The van der Waals surface area contributed by atoms with Gasteiger partial charge in [-0.25, -0.2) is 0 Å². The van der Waals surface area contributed by atoms with Crippen molar-refractivity contribution in [2.24, 2.45) is 0 Å². The second kappa shape index (κ2) is 6.03. The maximum absolute atomic E-state index is 12.0. The summed E-state index contributed by atoms with van der Waals surface area (Å²) >= 11 is 4.94. The van der Waals surface area contributed by atoms with Crippen LogP contribution >= 0.6 is 38.5 Å². The van der Waals surface area contributed by atoms with Gasteiger partial charge in [-0.1, -0.05) is 15.9 Å². The first-order valence-corrected chi connectivity index (χ1v) is 6.68. The van der Waals surface area contributed by atoms with Crippen molar-refractivity contribution in [2.75, 3.05) is 5.33 Å². The Kier molecular flexibility index (Phi) is 5.23. The molecular formula is C10H7BrF3IO2. The molecule has 17 heavy (non-hydrogen) atoms. The maximum atomic E-state index is 12.0. The number of ether oxygens (including phenoxy) is 1. The van der Waals surface area contributed by atoms with E-state index in [2.05, 4.69) is 20.7 Å². The molecule has 0 unspecified atom stereocenters. The predicted octanol–water partition coefficient (Wildman–Crippen LogP) is 4.16. The number of ketones is 1. The van der Waals surface area contributed by atoms with Gasteiger partial charge in [0.15, 0.2) is 5.78 Å². The second-order valence-corrected chi connectivity index (χ2v) is 5.01. The molecule has 0 aliphatic heterocycles. The van der Waals surface area contributed by atoms with Gasteiger partial charge >= 0.3 is 6.36 Å². The summed E-state index contributed by atoms with van der Waals surface area (Å²) in [7, 11) is 0. The Labute approximate surface area is 118 Å². The molecule has 0 atom stereocenters. The van der Waals surface area contributed by atoms with Gasteiger partial charge in [0.05, 0.1) is 0 Å². The van der Waals surface area contributed by atoms with Gasteiger partial charge in [-0.15, -0.1) is 13.2 Å². The van der Waals surface area contributed by atoms with Crippen LogP contribution in [0.4, 0.5) is 13.2 Å². The molecule has 1 aromatic rings. The monoisotopic (exact) mass is 422 g/mol. The van der Waals surface area contributed by atoms with E-state index < -0.39 is 6.36 Å². The lowest BCUT2D eigenvalue weighted by Crippen LogP contribution is -2.17. The van der Waals surface area contributed by atoms with Gasteiger partial charge in [0.1, 0.15) is 5.75 Å². The Morgan fingerprint density at radius 2 is 2.06 bits per heavy atom. The molecule has 0 saturated carbocycles. The van der Waals surface area contributed by atoms with Crippen LogP contribution in [-0.4, -0.2) is 17.5 Å². The lowest BCUT2D eigenvalue weighted by molar-refractivity contribution is -0.274. The molecule has 0 aliphatic rings. The van der Waals surface area contributed by atoms with Crippen LogP contribution in [0.25, 0.3) is 0 Å². The van der Waals surface area contributed by atoms with Crippen LogP contribution < -0.4 is 4.74 Å². The largest absolute Gasteiger partial charge is 0.573 e. The molecule has 0 aromatic heterocycles. The quantitative estimate of drug-likeness (QED) is 0.414. The highest BCUT2D eigenvalue weighted by Crippen LogP contribution is 2.26. The van der Waals surface area contributed by atoms with Gasteiger partial charge in [0.25, 0.3) is 0 Å². The smallest absolute Gasteiger partial charge is 0.406 e. The standard InChI is InChI=1S/C10H7BrF3IO2/c11-4-3-9(16)7-2-1-6(5-8(7)15)17-10(12,13)14/h1-2,5H,3-4H2. The Bertz CT molecular complexity index is 421. The maximum Gasteiger partial charge on any atom is 0.573 e. The Morgan fingerprint density at radius 3 is 2.53 bits per heavy atom. The van der Waals surface area contributed by atoms with Crippen LogP contribution in [0, 0.1) is 3.57 Å². The van der Waals surface area contributed by atoms with Gasteiger partial charge in [-0.3, -0.25) is 4.79 Å². The molecule has 0 bridgehead atoms. The van der Waals surface area contributed by atoms with Crippen molar-refractivity contribution in [1.82, 2.24) is 0 Å². The van der Waals surface area contributed by atoms with Crippen LogP contribution in [0.2, 0.25) is 0 Å². The Hall–Kier alpha value is -0.310. The van der Waals surface area contributed by atoms with Crippen molar-refractivity contribution in [1.29, 1.82) is 0 Å². The molecule has 7 heteroatoms. The second-order valence-electron chi connectivity index (χ2n) is 3.05. The first-order valence-electron chi connectivity index (χ1n) is 4.48. The molecule has 94 valence electrons. The fourth-order valence-corrected chi connectivity index (χ4v) is 2.29. The van der Waals surface area contributed by atoms with Gasteiger partial charge < -0.3 is 4.74 Å². The fraction of sp³-hybridized carbons (Fsp3) is 0.300. The molecule has 2 nitrogen and oxygen atoms in total. The summed E-state index contributed by atoms with van der Waals surface area (Å²) in [5, 5.41) is 0.517. The molecule has 0 N–H and O–H groups in total. The van der Waals surface area contributed by atoms with Crippen LogP contribution in [0.3, 0.4) is 0 Å². The van der Waals surface area contributed by atoms with Gasteiger partial charge in [-0.2, -0.15) is 0 Å². The zero-order valence-corrected chi connectivity index (χ0v) is 12.1. The third kappa shape index (κ3) is 4.82. The SMILES string of the molecule is O=C(CCBr)c1ccc(OC(F)(F)F)cc1I. The lowest BCUT2D eigenvalue weighted by atomic mass is 10.1. The molecule has 1 rings (SSSR count). The number of alkyl halides is 4. The van der Waals surface area contributed by atoms with Gasteiger partial charge in [0.2, 0.25) is 0 Å². The molecule has 1 aromatic carbocycles. The summed E-state index contributed by atoms with van der Waals surface area (Å²) in [6.07, 6.45) is -4.42. The molecule has 0 saturated heterocycles. The van der Waals surface area contributed by atoms with Crippen molar-refractivity contribution in [3.05, 3.63) is 27.3 Å². The highest BCUT2D eigenvalue weighted by atomic mass is 127. The minimum Gasteiger partial charge on any atom is -0.406 e. The summed E-state index contributed by atoms with van der Waals surface area (Å²) in [4.78, 5) is 11.6. The van der Waals surface area contributed by atoms with Crippen LogP contribution in [-0.2, 0) is 0 Å². The van der Waals surface area contributed by atoms with E-state index >= 15 is 0 Å². The van der Waals surface area contributed by atoms with Crippen molar-refractivity contribution in [2.45, 2.75) is 12.8 Å². The average Bonchev–Trinajstić information content (AvgIpc) is 2.15. The number of hydrogen-bond acceptors (Lipinski definition) is 2. The third-order valence-corrected chi connectivity index (χ3v) is 3.09. The first-order chi connectivity index (χ1) is 7.83. The van der Waals surface area contributed by atoms with Crippen molar-refractivity contribution in [3.63, 3.8) is 0 Å². The molecule has 0 amide bonds. The normalized spacial score (nSPS) is 11.4. The molecular weight excluding hydrogens is 416 g/mol. The van der Waals surface area contributed by atoms with E-state index in [0.717, 1.165) is 6.07 Å². The molecule has 0 spiro atoms. The third-order valence-electron chi connectivity index (χ3n) is 1.80. The number of rotatable bonds is 4. The summed E-state index contributed by atoms with van der Waals surface area (Å²) in [5.41, 5.74) is 0.402.